The number of ether oxygens (including phenoxy) is 2. The molecule has 1 N–H and O–H groups in total. The molecular weight excluding hydrogens is 341 g/mol. The highest BCUT2D eigenvalue weighted by atomic mass is 19.1. The number of nitrogens with zero attached hydrogens (tertiary/aromatic N) is 2. The molecule has 8 heteroatoms. The zero-order valence-electron chi connectivity index (χ0n) is 15.6. The molecule has 2 aromatic rings. The summed E-state index contributed by atoms with van der Waals surface area (Å²) in [6.45, 7) is 4.67. The van der Waals surface area contributed by atoms with Crippen molar-refractivity contribution in [2.24, 2.45) is 0 Å². The largest absolute Gasteiger partial charge is 0.494 e. The minimum atomic E-state index is -0.500. The van der Waals surface area contributed by atoms with Crippen molar-refractivity contribution in [3.05, 3.63) is 29.6 Å². The van der Waals surface area contributed by atoms with Gasteiger partial charge in [0.05, 0.1) is 13.2 Å². The van der Waals surface area contributed by atoms with E-state index in [2.05, 4.69) is 10.5 Å². The standard InChI is InChI=1S/C18H24FN3O4/c1-6-25-11(2)10-20-18(23)15-16(26-21-17(15)22(3)4)12-7-8-13(19)14(9-12)24-5/h7-9,11H,6,10H2,1-5H3,(H,20,23). The summed E-state index contributed by atoms with van der Waals surface area (Å²) in [5, 5.41) is 6.80. The summed E-state index contributed by atoms with van der Waals surface area (Å²) in [5.74, 6) is -0.167. The van der Waals surface area contributed by atoms with Gasteiger partial charge in [-0.1, -0.05) is 5.16 Å². The van der Waals surface area contributed by atoms with E-state index in [1.165, 1.54) is 25.3 Å². The SMILES string of the molecule is CCOC(C)CNC(=O)c1c(N(C)C)noc1-c1ccc(F)c(OC)c1. The zero-order chi connectivity index (χ0) is 19.3. The fourth-order valence-electron chi connectivity index (χ4n) is 2.46. The first-order valence-corrected chi connectivity index (χ1v) is 8.29. The molecule has 0 radical (unpaired) electrons. The van der Waals surface area contributed by atoms with Gasteiger partial charge in [-0.2, -0.15) is 0 Å². The van der Waals surface area contributed by atoms with Gasteiger partial charge in [0, 0.05) is 32.8 Å². The lowest BCUT2D eigenvalue weighted by atomic mass is 10.1. The van der Waals surface area contributed by atoms with Crippen molar-refractivity contribution in [1.29, 1.82) is 0 Å². The molecule has 0 saturated carbocycles. The highest BCUT2D eigenvalue weighted by molar-refractivity contribution is 6.04. The van der Waals surface area contributed by atoms with Crippen LogP contribution in [0.4, 0.5) is 10.2 Å². The van der Waals surface area contributed by atoms with E-state index in [0.717, 1.165) is 0 Å². The third kappa shape index (κ3) is 4.32. The number of hydrogen-bond donors (Lipinski definition) is 1. The van der Waals surface area contributed by atoms with Crippen LogP contribution in [0.2, 0.25) is 0 Å². The van der Waals surface area contributed by atoms with Crippen molar-refractivity contribution in [2.75, 3.05) is 39.3 Å². The molecule has 0 aliphatic rings. The number of methoxy groups -OCH3 is 1. The fraction of sp³-hybridized carbons (Fsp3) is 0.444. The second kappa shape index (κ2) is 8.66. The topological polar surface area (TPSA) is 76.8 Å². The summed E-state index contributed by atoms with van der Waals surface area (Å²) < 4.78 is 29.5. The highest BCUT2D eigenvalue weighted by Gasteiger charge is 2.26. The first-order valence-electron chi connectivity index (χ1n) is 8.29. The number of anilines is 1. The van der Waals surface area contributed by atoms with E-state index >= 15 is 0 Å². The Bertz CT molecular complexity index is 761. The van der Waals surface area contributed by atoms with Crippen LogP contribution < -0.4 is 15.0 Å². The smallest absolute Gasteiger partial charge is 0.259 e. The third-order valence-electron chi connectivity index (χ3n) is 3.74. The van der Waals surface area contributed by atoms with Crippen molar-refractivity contribution >= 4 is 11.7 Å². The molecule has 7 nitrogen and oxygen atoms in total. The van der Waals surface area contributed by atoms with Crippen LogP contribution in [0.25, 0.3) is 11.3 Å². The summed E-state index contributed by atoms with van der Waals surface area (Å²) in [7, 11) is 4.88. The summed E-state index contributed by atoms with van der Waals surface area (Å²) in [6.07, 6.45) is -0.124. The Morgan fingerprint density at radius 1 is 1.42 bits per heavy atom. The molecule has 0 fully saturated rings. The molecule has 0 bridgehead atoms. The average molecular weight is 365 g/mol. The number of nitrogens with one attached hydrogen (secondary N) is 1. The number of benzene rings is 1. The minimum absolute atomic E-state index is 0.0571. The van der Waals surface area contributed by atoms with Crippen LogP contribution in [0.15, 0.2) is 22.7 Å². The van der Waals surface area contributed by atoms with E-state index in [0.29, 0.717) is 24.5 Å². The zero-order valence-corrected chi connectivity index (χ0v) is 15.6. The second-order valence-electron chi connectivity index (χ2n) is 5.93. The Balaban J connectivity index is 2.38. The quantitative estimate of drug-likeness (QED) is 0.775. The number of amides is 1. The monoisotopic (exact) mass is 365 g/mol. The van der Waals surface area contributed by atoms with Crippen molar-refractivity contribution in [3.8, 4) is 17.1 Å². The molecule has 1 unspecified atom stereocenters. The van der Waals surface area contributed by atoms with Gasteiger partial charge >= 0.3 is 0 Å². The van der Waals surface area contributed by atoms with Crippen LogP contribution >= 0.6 is 0 Å². The van der Waals surface area contributed by atoms with Crippen molar-refractivity contribution in [3.63, 3.8) is 0 Å². The van der Waals surface area contributed by atoms with Crippen LogP contribution in [-0.2, 0) is 4.74 Å². The number of carbonyl (C=O) groups is 1. The van der Waals surface area contributed by atoms with E-state index in [1.807, 2.05) is 13.8 Å². The third-order valence-corrected chi connectivity index (χ3v) is 3.74. The Morgan fingerprint density at radius 3 is 2.77 bits per heavy atom. The summed E-state index contributed by atoms with van der Waals surface area (Å²) >= 11 is 0. The highest BCUT2D eigenvalue weighted by Crippen LogP contribution is 2.33. The Kier molecular flexibility index (Phi) is 6.57. The summed E-state index contributed by atoms with van der Waals surface area (Å²) in [6, 6.07) is 4.23. The lowest BCUT2D eigenvalue weighted by molar-refractivity contribution is 0.0695. The molecule has 0 aliphatic carbocycles. The van der Waals surface area contributed by atoms with Gasteiger partial charge in [-0.15, -0.1) is 0 Å². The molecule has 142 valence electrons. The molecule has 0 spiro atoms. The second-order valence-corrected chi connectivity index (χ2v) is 5.93. The maximum atomic E-state index is 13.7. The van der Waals surface area contributed by atoms with Gasteiger partial charge in [0.2, 0.25) is 0 Å². The Morgan fingerprint density at radius 2 is 2.15 bits per heavy atom. The van der Waals surface area contributed by atoms with Gasteiger partial charge in [0.1, 0.15) is 5.56 Å². The lowest BCUT2D eigenvalue weighted by Gasteiger charge is -2.14. The Labute approximate surface area is 152 Å². The molecule has 1 aromatic carbocycles. The van der Waals surface area contributed by atoms with Gasteiger partial charge in [0.25, 0.3) is 5.91 Å². The van der Waals surface area contributed by atoms with E-state index in [9.17, 15) is 9.18 Å². The van der Waals surface area contributed by atoms with Gasteiger partial charge in [-0.05, 0) is 32.0 Å². The number of rotatable bonds is 8. The van der Waals surface area contributed by atoms with Crippen LogP contribution in [0.1, 0.15) is 24.2 Å². The number of halogens is 1. The fourth-order valence-corrected chi connectivity index (χ4v) is 2.46. The van der Waals surface area contributed by atoms with Crippen LogP contribution in [0, 0.1) is 5.82 Å². The van der Waals surface area contributed by atoms with Crippen molar-refractivity contribution in [1.82, 2.24) is 10.5 Å². The molecule has 0 aliphatic heterocycles. The predicted molar refractivity (Wildman–Crippen MR) is 96.2 cm³/mol. The molecule has 1 heterocycles. The van der Waals surface area contributed by atoms with Gasteiger partial charge in [0.15, 0.2) is 23.1 Å². The molecule has 26 heavy (non-hydrogen) atoms. The first kappa shape index (κ1) is 19.7. The van der Waals surface area contributed by atoms with Crippen LogP contribution in [0.5, 0.6) is 5.75 Å². The molecule has 1 atom stereocenters. The van der Waals surface area contributed by atoms with Crippen molar-refractivity contribution in [2.45, 2.75) is 20.0 Å². The maximum absolute atomic E-state index is 13.7. The molecule has 0 saturated heterocycles. The summed E-state index contributed by atoms with van der Waals surface area (Å²) in [4.78, 5) is 14.4. The molecular formula is C18H24FN3O4. The predicted octanol–water partition coefficient (Wildman–Crippen LogP) is 2.71. The molecule has 1 aromatic heterocycles. The van der Waals surface area contributed by atoms with Crippen LogP contribution in [0.3, 0.4) is 0 Å². The number of hydrogen-bond acceptors (Lipinski definition) is 6. The summed E-state index contributed by atoms with van der Waals surface area (Å²) in [5.41, 5.74) is 0.763. The molecule has 1 amide bonds. The maximum Gasteiger partial charge on any atom is 0.259 e. The normalized spacial score (nSPS) is 11.9. The van der Waals surface area contributed by atoms with E-state index in [-0.39, 0.29) is 29.1 Å². The van der Waals surface area contributed by atoms with Crippen LogP contribution in [-0.4, -0.2) is 51.5 Å². The van der Waals surface area contributed by atoms with Crippen molar-refractivity contribution < 1.29 is 23.2 Å². The number of aromatic nitrogens is 1. The molecule has 2 rings (SSSR count). The van der Waals surface area contributed by atoms with Gasteiger partial charge in [-0.3, -0.25) is 4.79 Å². The Hall–Kier alpha value is -2.61. The van der Waals surface area contributed by atoms with Gasteiger partial charge in [-0.25, -0.2) is 4.39 Å². The minimum Gasteiger partial charge on any atom is -0.494 e. The van der Waals surface area contributed by atoms with Gasteiger partial charge < -0.3 is 24.2 Å². The lowest BCUT2D eigenvalue weighted by Crippen LogP contribution is -2.33. The first-order chi connectivity index (χ1) is 12.4. The van der Waals surface area contributed by atoms with E-state index in [1.54, 1.807) is 19.0 Å². The van der Waals surface area contributed by atoms with E-state index < -0.39 is 5.82 Å². The van der Waals surface area contributed by atoms with E-state index in [4.69, 9.17) is 14.0 Å². The number of carbonyl (C=O) groups excluding carboxylic acids is 1. The average Bonchev–Trinajstić information content (AvgIpc) is 3.05.